The maximum atomic E-state index is 12.7. The molecule has 1 aliphatic rings. The van der Waals surface area contributed by atoms with E-state index in [1.807, 2.05) is 41.3 Å². The van der Waals surface area contributed by atoms with Gasteiger partial charge < -0.3 is 24.7 Å². The Morgan fingerprint density at radius 2 is 1.90 bits per heavy atom. The Morgan fingerprint density at radius 1 is 1.10 bits per heavy atom. The number of pyridine rings is 1. The Bertz CT molecular complexity index is 1130. The number of aromatic nitrogens is 1. The third-order valence-corrected chi connectivity index (χ3v) is 5.53. The molecule has 3 aromatic rings. The molecule has 0 unspecified atom stereocenters. The molecule has 0 saturated carbocycles. The summed E-state index contributed by atoms with van der Waals surface area (Å²) >= 11 is 5.50. The van der Waals surface area contributed by atoms with Crippen molar-refractivity contribution >= 4 is 28.2 Å². The standard InChI is InChI=1S/C22H23N3O3S/c1-3-14-4-6-18-16(8-14)10-17(21(26)24-18)12-25(22(29)23-2)11-15-5-7-19-20(9-15)28-13-27-19/h4-10H,3,11-13H2,1-2H3,(H,23,29)(H,24,26). The monoisotopic (exact) mass is 409 g/mol. The summed E-state index contributed by atoms with van der Waals surface area (Å²) < 4.78 is 10.8. The normalized spacial score (nSPS) is 12.2. The Morgan fingerprint density at radius 3 is 2.69 bits per heavy atom. The average molecular weight is 410 g/mol. The molecule has 4 rings (SSSR count). The molecule has 1 aliphatic heterocycles. The van der Waals surface area contributed by atoms with Gasteiger partial charge in [0.15, 0.2) is 16.6 Å². The second kappa shape index (κ2) is 8.13. The van der Waals surface area contributed by atoms with Crippen molar-refractivity contribution < 1.29 is 9.47 Å². The lowest BCUT2D eigenvalue weighted by Gasteiger charge is -2.25. The van der Waals surface area contributed by atoms with E-state index in [9.17, 15) is 4.79 Å². The van der Waals surface area contributed by atoms with Gasteiger partial charge in [-0.05, 0) is 65.5 Å². The van der Waals surface area contributed by atoms with Crippen LogP contribution in [0.3, 0.4) is 0 Å². The molecule has 0 spiro atoms. The molecule has 0 aliphatic carbocycles. The maximum Gasteiger partial charge on any atom is 0.253 e. The SMILES string of the molecule is CCc1ccc2[nH]c(=O)c(CN(Cc3ccc4c(c3)OCO4)C(=S)NC)cc2c1. The Kier molecular flexibility index (Phi) is 5.40. The summed E-state index contributed by atoms with van der Waals surface area (Å²) in [4.78, 5) is 17.6. The second-order valence-electron chi connectivity index (χ2n) is 7.00. The number of aromatic amines is 1. The predicted molar refractivity (Wildman–Crippen MR) is 117 cm³/mol. The number of thiocarbonyl (C=S) groups is 1. The Hall–Kier alpha value is -3.06. The summed E-state index contributed by atoms with van der Waals surface area (Å²) in [5, 5.41) is 4.62. The lowest BCUT2D eigenvalue weighted by Crippen LogP contribution is -2.38. The number of hydrogen-bond donors (Lipinski definition) is 2. The topological polar surface area (TPSA) is 66.6 Å². The Labute approximate surface area is 174 Å². The largest absolute Gasteiger partial charge is 0.454 e. The number of aryl methyl sites for hydroxylation is 1. The lowest BCUT2D eigenvalue weighted by atomic mass is 10.1. The summed E-state index contributed by atoms with van der Waals surface area (Å²) in [6, 6.07) is 13.9. The van der Waals surface area contributed by atoms with Gasteiger partial charge in [-0.15, -0.1) is 0 Å². The smallest absolute Gasteiger partial charge is 0.253 e. The molecule has 6 nitrogen and oxygen atoms in total. The number of nitrogens with one attached hydrogen (secondary N) is 2. The van der Waals surface area contributed by atoms with Gasteiger partial charge in [0.05, 0.1) is 6.54 Å². The first-order chi connectivity index (χ1) is 14.1. The molecule has 2 heterocycles. The fraction of sp³-hybridized carbons (Fsp3) is 0.273. The highest BCUT2D eigenvalue weighted by molar-refractivity contribution is 7.80. The van der Waals surface area contributed by atoms with Crippen molar-refractivity contribution in [3.63, 3.8) is 0 Å². The molecule has 29 heavy (non-hydrogen) atoms. The molecule has 0 atom stereocenters. The average Bonchev–Trinajstić information content (AvgIpc) is 3.20. The minimum atomic E-state index is -0.101. The zero-order valence-electron chi connectivity index (χ0n) is 16.5. The van der Waals surface area contributed by atoms with E-state index in [1.54, 1.807) is 7.05 Å². The highest BCUT2D eigenvalue weighted by Crippen LogP contribution is 2.33. The van der Waals surface area contributed by atoms with Crippen molar-refractivity contribution in [1.82, 2.24) is 15.2 Å². The second-order valence-corrected chi connectivity index (χ2v) is 7.38. The molecule has 7 heteroatoms. The van der Waals surface area contributed by atoms with Gasteiger partial charge in [-0.1, -0.05) is 19.1 Å². The molecule has 1 aromatic heterocycles. The fourth-order valence-electron chi connectivity index (χ4n) is 3.46. The van der Waals surface area contributed by atoms with Crippen molar-refractivity contribution in [1.29, 1.82) is 0 Å². The first kappa shape index (κ1) is 19.3. The van der Waals surface area contributed by atoms with Gasteiger partial charge >= 0.3 is 0 Å². The van der Waals surface area contributed by atoms with Crippen LogP contribution in [0.1, 0.15) is 23.6 Å². The number of nitrogens with zero attached hydrogens (tertiary/aromatic N) is 1. The molecule has 0 radical (unpaired) electrons. The minimum absolute atomic E-state index is 0.101. The van der Waals surface area contributed by atoms with Crippen molar-refractivity contribution in [3.05, 3.63) is 69.5 Å². The van der Waals surface area contributed by atoms with E-state index in [4.69, 9.17) is 21.7 Å². The molecule has 0 amide bonds. The van der Waals surface area contributed by atoms with E-state index in [0.717, 1.165) is 34.4 Å². The van der Waals surface area contributed by atoms with Crippen LogP contribution in [0.4, 0.5) is 0 Å². The number of rotatable bonds is 5. The van der Waals surface area contributed by atoms with Crippen LogP contribution in [0.2, 0.25) is 0 Å². The van der Waals surface area contributed by atoms with Gasteiger partial charge in [0.25, 0.3) is 5.56 Å². The summed E-state index contributed by atoms with van der Waals surface area (Å²) in [6.07, 6.45) is 0.949. The first-order valence-corrected chi connectivity index (χ1v) is 9.98. The van der Waals surface area contributed by atoms with Crippen LogP contribution in [-0.2, 0) is 19.5 Å². The quantitative estimate of drug-likeness (QED) is 0.630. The van der Waals surface area contributed by atoms with Gasteiger partial charge in [-0.3, -0.25) is 4.79 Å². The highest BCUT2D eigenvalue weighted by Gasteiger charge is 2.17. The molecule has 0 bridgehead atoms. The van der Waals surface area contributed by atoms with Gasteiger partial charge in [0.1, 0.15) is 0 Å². The van der Waals surface area contributed by atoms with Gasteiger partial charge in [-0.2, -0.15) is 0 Å². The molecular formula is C22H23N3O3S. The van der Waals surface area contributed by atoms with E-state index in [1.165, 1.54) is 5.56 Å². The van der Waals surface area contributed by atoms with Crippen molar-refractivity contribution in [2.24, 2.45) is 0 Å². The first-order valence-electron chi connectivity index (χ1n) is 9.57. The van der Waals surface area contributed by atoms with E-state index in [-0.39, 0.29) is 12.4 Å². The van der Waals surface area contributed by atoms with Crippen molar-refractivity contribution in [2.45, 2.75) is 26.4 Å². The summed E-state index contributed by atoms with van der Waals surface area (Å²) in [6.45, 7) is 3.30. The summed E-state index contributed by atoms with van der Waals surface area (Å²) in [5.74, 6) is 1.47. The number of H-pyrrole nitrogens is 1. The molecular weight excluding hydrogens is 386 g/mol. The number of hydrogen-bond acceptors (Lipinski definition) is 4. The van der Waals surface area contributed by atoms with E-state index in [2.05, 4.69) is 23.3 Å². The summed E-state index contributed by atoms with van der Waals surface area (Å²) in [5.41, 5.74) is 3.67. The maximum absolute atomic E-state index is 12.7. The summed E-state index contributed by atoms with van der Waals surface area (Å²) in [7, 11) is 1.78. The molecule has 150 valence electrons. The lowest BCUT2D eigenvalue weighted by molar-refractivity contribution is 0.174. The van der Waals surface area contributed by atoms with Crippen molar-refractivity contribution in [2.75, 3.05) is 13.8 Å². The zero-order chi connectivity index (χ0) is 20.4. The minimum Gasteiger partial charge on any atom is -0.454 e. The third-order valence-electron chi connectivity index (χ3n) is 5.07. The number of benzene rings is 2. The highest BCUT2D eigenvalue weighted by atomic mass is 32.1. The molecule has 2 aromatic carbocycles. The van der Waals surface area contributed by atoms with E-state index < -0.39 is 0 Å². The number of fused-ring (bicyclic) bond motifs is 2. The molecule has 0 saturated heterocycles. The predicted octanol–water partition coefficient (Wildman–Crippen LogP) is 3.33. The van der Waals surface area contributed by atoms with Crippen LogP contribution in [0.15, 0.2) is 47.3 Å². The fourth-order valence-corrected chi connectivity index (χ4v) is 3.59. The molecule has 2 N–H and O–H groups in total. The van der Waals surface area contributed by atoms with Gasteiger partial charge in [0.2, 0.25) is 6.79 Å². The molecule has 0 fully saturated rings. The van der Waals surface area contributed by atoms with E-state index >= 15 is 0 Å². The van der Waals surface area contributed by atoms with Gasteiger partial charge in [0, 0.05) is 24.7 Å². The number of ether oxygens (including phenoxy) is 2. The van der Waals surface area contributed by atoms with Crippen LogP contribution in [-0.4, -0.2) is 28.8 Å². The van der Waals surface area contributed by atoms with Crippen LogP contribution < -0.4 is 20.3 Å². The third kappa shape index (κ3) is 4.05. The zero-order valence-corrected chi connectivity index (χ0v) is 17.3. The van der Waals surface area contributed by atoms with Crippen LogP contribution in [0, 0.1) is 0 Å². The van der Waals surface area contributed by atoms with Crippen molar-refractivity contribution in [3.8, 4) is 11.5 Å². The van der Waals surface area contributed by atoms with Gasteiger partial charge in [-0.25, -0.2) is 0 Å². The van der Waals surface area contributed by atoms with Crippen LogP contribution >= 0.6 is 12.2 Å². The Balaban J connectivity index is 1.63. The van der Waals surface area contributed by atoms with Crippen LogP contribution in [0.5, 0.6) is 11.5 Å². The van der Waals surface area contributed by atoms with Crippen LogP contribution in [0.25, 0.3) is 10.9 Å². The van der Waals surface area contributed by atoms with E-state index in [0.29, 0.717) is 23.8 Å².